The van der Waals surface area contributed by atoms with Gasteiger partial charge in [0.25, 0.3) is 20.0 Å². The van der Waals surface area contributed by atoms with Crippen LogP contribution in [-0.2, 0) is 20.0 Å². The zero-order valence-corrected chi connectivity index (χ0v) is 17.6. The molecule has 1 aliphatic heterocycles. The molecule has 154 valence electrons. The third-order valence-corrected chi connectivity index (χ3v) is 8.38. The molecule has 0 saturated heterocycles. The average Bonchev–Trinajstić information content (AvgIpc) is 2.75. The number of rotatable bonds is 4. The second-order valence-corrected chi connectivity index (χ2v) is 10.4. The SMILES string of the molecule is O=S(=O)(c1ccccc1)N1C/C=C\CN(S(=O)(=O)c2ccccc2)c2ccccc21. The van der Waals surface area contributed by atoms with E-state index >= 15 is 0 Å². The molecule has 8 heteroatoms. The normalized spacial score (nSPS) is 15.7. The highest BCUT2D eigenvalue weighted by atomic mass is 32.2. The minimum absolute atomic E-state index is 0.105. The highest BCUT2D eigenvalue weighted by Crippen LogP contribution is 2.36. The van der Waals surface area contributed by atoms with Gasteiger partial charge >= 0.3 is 0 Å². The van der Waals surface area contributed by atoms with E-state index in [4.69, 9.17) is 0 Å². The zero-order valence-electron chi connectivity index (χ0n) is 16.0. The lowest BCUT2D eigenvalue weighted by Gasteiger charge is -2.32. The highest BCUT2D eigenvalue weighted by molar-refractivity contribution is 7.93. The second kappa shape index (κ2) is 7.97. The van der Waals surface area contributed by atoms with Gasteiger partial charge in [-0.05, 0) is 36.4 Å². The summed E-state index contributed by atoms with van der Waals surface area (Å²) in [5, 5.41) is 0. The second-order valence-electron chi connectivity index (χ2n) is 6.66. The monoisotopic (exact) mass is 440 g/mol. The molecule has 0 radical (unpaired) electrons. The fourth-order valence-electron chi connectivity index (χ4n) is 3.32. The van der Waals surface area contributed by atoms with Gasteiger partial charge in [-0.2, -0.15) is 0 Å². The standard InChI is InChI=1S/C22H20N2O4S2/c25-29(26,19-11-3-1-4-12-19)23-17-9-10-18-24(22-16-8-7-15-21(22)23)30(27,28)20-13-5-2-6-14-20/h1-16H,17-18H2/b10-9-. The van der Waals surface area contributed by atoms with Gasteiger partial charge in [-0.1, -0.05) is 60.7 Å². The van der Waals surface area contributed by atoms with E-state index in [2.05, 4.69) is 0 Å². The maximum Gasteiger partial charge on any atom is 0.264 e. The Morgan fingerprint density at radius 1 is 0.500 bits per heavy atom. The third-order valence-electron chi connectivity index (χ3n) is 4.79. The van der Waals surface area contributed by atoms with Gasteiger partial charge in [0, 0.05) is 0 Å². The van der Waals surface area contributed by atoms with Crippen molar-refractivity contribution in [3.8, 4) is 0 Å². The van der Waals surface area contributed by atoms with Crippen LogP contribution >= 0.6 is 0 Å². The van der Waals surface area contributed by atoms with Gasteiger partial charge in [0.15, 0.2) is 0 Å². The molecule has 0 amide bonds. The van der Waals surface area contributed by atoms with Crippen LogP contribution in [0.3, 0.4) is 0 Å². The summed E-state index contributed by atoms with van der Waals surface area (Å²) in [4.78, 5) is 0.289. The molecule has 1 heterocycles. The highest BCUT2D eigenvalue weighted by Gasteiger charge is 2.32. The Morgan fingerprint density at radius 3 is 1.20 bits per heavy atom. The number of sulfonamides is 2. The summed E-state index contributed by atoms with van der Waals surface area (Å²) in [6.45, 7) is 0.209. The first-order valence-electron chi connectivity index (χ1n) is 9.32. The van der Waals surface area contributed by atoms with Gasteiger partial charge in [-0.3, -0.25) is 8.61 Å². The van der Waals surface area contributed by atoms with Crippen LogP contribution in [0.1, 0.15) is 0 Å². The van der Waals surface area contributed by atoms with E-state index < -0.39 is 20.0 Å². The molecule has 0 unspecified atom stereocenters. The first kappa shape index (κ1) is 20.2. The van der Waals surface area contributed by atoms with Crippen LogP contribution in [0.25, 0.3) is 0 Å². The summed E-state index contributed by atoms with van der Waals surface area (Å²) in [7, 11) is -7.78. The van der Waals surface area contributed by atoms with Crippen LogP contribution in [0.15, 0.2) is 107 Å². The molecule has 0 N–H and O–H groups in total. The molecule has 0 bridgehead atoms. The lowest BCUT2D eigenvalue weighted by atomic mass is 10.2. The van der Waals surface area contributed by atoms with E-state index in [0.29, 0.717) is 11.4 Å². The molecule has 6 nitrogen and oxygen atoms in total. The quantitative estimate of drug-likeness (QED) is 0.581. The number of benzene rings is 3. The molecule has 0 spiro atoms. The minimum atomic E-state index is -3.89. The van der Waals surface area contributed by atoms with Crippen molar-refractivity contribution in [1.82, 2.24) is 0 Å². The van der Waals surface area contributed by atoms with Crippen molar-refractivity contribution in [2.75, 3.05) is 21.7 Å². The van der Waals surface area contributed by atoms with E-state index in [1.807, 2.05) is 0 Å². The van der Waals surface area contributed by atoms with Gasteiger partial charge in [0.1, 0.15) is 0 Å². The molecule has 1 aliphatic rings. The molecule has 30 heavy (non-hydrogen) atoms. The molecule has 0 aliphatic carbocycles. The molecular weight excluding hydrogens is 420 g/mol. The van der Waals surface area contributed by atoms with Crippen molar-refractivity contribution in [2.24, 2.45) is 0 Å². The maximum absolute atomic E-state index is 13.4. The fourth-order valence-corrected chi connectivity index (χ4v) is 6.22. The van der Waals surface area contributed by atoms with Crippen molar-refractivity contribution in [3.63, 3.8) is 0 Å². The molecule has 0 fully saturated rings. The van der Waals surface area contributed by atoms with Gasteiger partial charge in [-0.15, -0.1) is 0 Å². The summed E-state index contributed by atoms with van der Waals surface area (Å²) < 4.78 is 55.9. The van der Waals surface area contributed by atoms with E-state index in [0.717, 1.165) is 0 Å². The topological polar surface area (TPSA) is 74.8 Å². The molecule has 3 aromatic rings. The Kier molecular flexibility index (Phi) is 5.36. The molecular formula is C22H20N2O4S2. The largest absolute Gasteiger partial charge is 0.264 e. The van der Waals surface area contributed by atoms with E-state index in [1.54, 1.807) is 72.8 Å². The van der Waals surface area contributed by atoms with Gasteiger partial charge in [0.2, 0.25) is 0 Å². The summed E-state index contributed by atoms with van der Waals surface area (Å²) in [5.74, 6) is 0. The lowest BCUT2D eigenvalue weighted by Crippen LogP contribution is -2.37. The Balaban J connectivity index is 1.88. The molecule has 0 saturated carbocycles. The van der Waals surface area contributed by atoms with Crippen LogP contribution in [-0.4, -0.2) is 29.9 Å². The third kappa shape index (κ3) is 3.59. The Morgan fingerprint density at radius 2 is 0.833 bits per heavy atom. The van der Waals surface area contributed by atoms with Crippen molar-refractivity contribution >= 4 is 31.4 Å². The zero-order chi connectivity index (χ0) is 21.2. The van der Waals surface area contributed by atoms with Crippen LogP contribution in [0.2, 0.25) is 0 Å². The Hall–Kier alpha value is -3.10. The van der Waals surface area contributed by atoms with Crippen LogP contribution in [0.5, 0.6) is 0 Å². The number of para-hydroxylation sites is 2. The predicted octanol–water partition coefficient (Wildman–Crippen LogP) is 3.65. The number of nitrogens with zero attached hydrogens (tertiary/aromatic N) is 2. The Labute approximate surface area is 176 Å². The molecule has 0 aromatic heterocycles. The smallest absolute Gasteiger partial charge is 0.260 e. The minimum Gasteiger partial charge on any atom is -0.260 e. The van der Waals surface area contributed by atoms with Crippen molar-refractivity contribution in [2.45, 2.75) is 9.79 Å². The molecule has 4 rings (SSSR count). The number of hydrogen-bond acceptors (Lipinski definition) is 4. The van der Waals surface area contributed by atoms with Crippen LogP contribution in [0.4, 0.5) is 11.4 Å². The van der Waals surface area contributed by atoms with Crippen molar-refractivity contribution in [1.29, 1.82) is 0 Å². The first-order valence-corrected chi connectivity index (χ1v) is 12.2. The van der Waals surface area contributed by atoms with Gasteiger partial charge in [0.05, 0.1) is 34.3 Å². The average molecular weight is 441 g/mol. The molecule has 0 atom stereocenters. The molecule has 3 aromatic carbocycles. The number of anilines is 2. The van der Waals surface area contributed by atoms with Crippen LogP contribution in [0, 0.1) is 0 Å². The number of hydrogen-bond donors (Lipinski definition) is 0. The lowest BCUT2D eigenvalue weighted by molar-refractivity contribution is 0.589. The predicted molar refractivity (Wildman–Crippen MR) is 118 cm³/mol. The van der Waals surface area contributed by atoms with E-state index in [1.165, 1.54) is 32.9 Å². The van der Waals surface area contributed by atoms with Crippen molar-refractivity contribution in [3.05, 3.63) is 97.1 Å². The Bertz CT molecular complexity index is 1170. The van der Waals surface area contributed by atoms with E-state index in [9.17, 15) is 16.8 Å². The number of fused-ring (bicyclic) bond motifs is 1. The van der Waals surface area contributed by atoms with Gasteiger partial charge in [-0.25, -0.2) is 16.8 Å². The van der Waals surface area contributed by atoms with Gasteiger partial charge < -0.3 is 0 Å². The summed E-state index contributed by atoms with van der Waals surface area (Å²) in [6.07, 6.45) is 3.34. The van der Waals surface area contributed by atoms with Crippen LogP contribution < -0.4 is 8.61 Å². The summed E-state index contributed by atoms with van der Waals surface area (Å²) in [5.41, 5.74) is 0.621. The fraction of sp³-hybridized carbons (Fsp3) is 0.0909. The first-order chi connectivity index (χ1) is 14.4. The van der Waals surface area contributed by atoms with E-state index in [-0.39, 0.29) is 22.9 Å². The maximum atomic E-state index is 13.4. The summed E-state index contributed by atoms with van der Waals surface area (Å²) >= 11 is 0. The summed E-state index contributed by atoms with van der Waals surface area (Å²) in [6, 6.07) is 22.9. The van der Waals surface area contributed by atoms with Crippen molar-refractivity contribution < 1.29 is 16.8 Å².